The van der Waals surface area contributed by atoms with Crippen molar-refractivity contribution in [3.05, 3.63) is 28.2 Å². The Morgan fingerprint density at radius 1 is 1.62 bits per heavy atom. The van der Waals surface area contributed by atoms with Crippen LogP contribution in [0.2, 0.25) is 0 Å². The third-order valence-electron chi connectivity index (χ3n) is 1.44. The standard InChI is InChI=1S/C9H9BrO3/c1-6-2-3-7(10)8(4-6)13-5-9(11)12/h2-4H,5H2,1H3,(H,11,12). The summed E-state index contributed by atoms with van der Waals surface area (Å²) < 4.78 is 5.80. The van der Waals surface area contributed by atoms with Crippen molar-refractivity contribution in [3.8, 4) is 5.75 Å². The maximum absolute atomic E-state index is 10.2. The van der Waals surface area contributed by atoms with Gasteiger partial charge in [-0.1, -0.05) is 6.07 Å². The van der Waals surface area contributed by atoms with Crippen LogP contribution in [0, 0.1) is 6.92 Å². The van der Waals surface area contributed by atoms with Crippen LogP contribution >= 0.6 is 15.9 Å². The molecule has 0 radical (unpaired) electrons. The number of aliphatic carboxylic acids is 1. The number of hydrogen-bond donors (Lipinski definition) is 1. The molecule has 0 unspecified atom stereocenters. The van der Waals surface area contributed by atoms with Crippen molar-refractivity contribution in [2.45, 2.75) is 6.92 Å². The molecule has 1 rings (SSSR count). The maximum Gasteiger partial charge on any atom is 0.341 e. The van der Waals surface area contributed by atoms with E-state index < -0.39 is 5.97 Å². The Bertz CT molecular complexity index is 323. The quantitative estimate of drug-likeness (QED) is 0.888. The predicted octanol–water partition coefficient (Wildman–Crippen LogP) is 2.22. The monoisotopic (exact) mass is 244 g/mol. The third kappa shape index (κ3) is 3.06. The highest BCUT2D eigenvalue weighted by Crippen LogP contribution is 2.25. The lowest BCUT2D eigenvalue weighted by atomic mass is 10.2. The number of ether oxygens (including phenoxy) is 1. The molecule has 0 aromatic heterocycles. The van der Waals surface area contributed by atoms with Crippen molar-refractivity contribution >= 4 is 21.9 Å². The summed E-state index contributed by atoms with van der Waals surface area (Å²) in [5, 5.41) is 8.39. The Hall–Kier alpha value is -1.03. The summed E-state index contributed by atoms with van der Waals surface area (Å²) in [6, 6.07) is 5.53. The summed E-state index contributed by atoms with van der Waals surface area (Å²) in [4.78, 5) is 10.2. The van der Waals surface area contributed by atoms with Gasteiger partial charge in [0.15, 0.2) is 6.61 Å². The molecule has 0 aliphatic heterocycles. The van der Waals surface area contributed by atoms with Crippen molar-refractivity contribution in [3.63, 3.8) is 0 Å². The van der Waals surface area contributed by atoms with E-state index in [1.165, 1.54) is 0 Å². The third-order valence-corrected chi connectivity index (χ3v) is 2.09. The van der Waals surface area contributed by atoms with Gasteiger partial charge in [0, 0.05) is 0 Å². The molecule has 0 heterocycles. The molecule has 0 saturated carbocycles. The van der Waals surface area contributed by atoms with E-state index in [0.717, 1.165) is 10.0 Å². The van der Waals surface area contributed by atoms with Gasteiger partial charge in [-0.3, -0.25) is 0 Å². The normalized spacial score (nSPS) is 9.69. The second-order valence-corrected chi connectivity index (χ2v) is 3.47. The molecular weight excluding hydrogens is 236 g/mol. The van der Waals surface area contributed by atoms with E-state index in [-0.39, 0.29) is 6.61 Å². The van der Waals surface area contributed by atoms with Gasteiger partial charge in [0.05, 0.1) is 4.47 Å². The largest absolute Gasteiger partial charge is 0.481 e. The summed E-state index contributed by atoms with van der Waals surface area (Å²) in [5.74, 6) is -0.421. The van der Waals surface area contributed by atoms with Gasteiger partial charge in [0.1, 0.15) is 5.75 Å². The highest BCUT2D eigenvalue weighted by atomic mass is 79.9. The number of benzene rings is 1. The van der Waals surface area contributed by atoms with Crippen molar-refractivity contribution < 1.29 is 14.6 Å². The van der Waals surface area contributed by atoms with Gasteiger partial charge in [0.2, 0.25) is 0 Å². The smallest absolute Gasteiger partial charge is 0.341 e. The number of halogens is 1. The highest BCUT2D eigenvalue weighted by Gasteiger charge is 2.03. The summed E-state index contributed by atoms with van der Waals surface area (Å²) in [6.07, 6.45) is 0. The fraction of sp³-hybridized carbons (Fsp3) is 0.222. The van der Waals surface area contributed by atoms with Gasteiger partial charge >= 0.3 is 5.97 Å². The van der Waals surface area contributed by atoms with Crippen molar-refractivity contribution in [1.29, 1.82) is 0 Å². The van der Waals surface area contributed by atoms with Crippen LogP contribution in [0.15, 0.2) is 22.7 Å². The molecule has 0 amide bonds. The molecule has 0 fully saturated rings. The molecule has 1 N–H and O–H groups in total. The minimum absolute atomic E-state index is 0.317. The van der Waals surface area contributed by atoms with Crippen LogP contribution in [-0.4, -0.2) is 17.7 Å². The average Bonchev–Trinajstić information content (AvgIpc) is 2.06. The molecule has 1 aromatic carbocycles. The van der Waals surface area contributed by atoms with Crippen LogP contribution in [0.3, 0.4) is 0 Å². The number of hydrogen-bond acceptors (Lipinski definition) is 2. The van der Waals surface area contributed by atoms with Crippen LogP contribution < -0.4 is 4.74 Å². The molecule has 13 heavy (non-hydrogen) atoms. The van der Waals surface area contributed by atoms with Crippen LogP contribution in [0.5, 0.6) is 5.75 Å². The Balaban J connectivity index is 2.75. The first-order chi connectivity index (χ1) is 6.09. The number of rotatable bonds is 3. The first-order valence-electron chi connectivity index (χ1n) is 3.70. The van der Waals surface area contributed by atoms with E-state index in [2.05, 4.69) is 15.9 Å². The topological polar surface area (TPSA) is 46.5 Å². The number of carboxylic acids is 1. The number of aryl methyl sites for hydroxylation is 1. The van der Waals surface area contributed by atoms with E-state index in [1.54, 1.807) is 6.07 Å². The lowest BCUT2D eigenvalue weighted by Crippen LogP contribution is -2.09. The van der Waals surface area contributed by atoms with E-state index in [4.69, 9.17) is 9.84 Å². The van der Waals surface area contributed by atoms with Crippen LogP contribution in [0.1, 0.15) is 5.56 Å². The van der Waals surface area contributed by atoms with Crippen LogP contribution in [-0.2, 0) is 4.79 Å². The lowest BCUT2D eigenvalue weighted by Gasteiger charge is -2.05. The van der Waals surface area contributed by atoms with Gasteiger partial charge < -0.3 is 9.84 Å². The van der Waals surface area contributed by atoms with Gasteiger partial charge in [-0.2, -0.15) is 0 Å². The molecule has 0 atom stereocenters. The fourth-order valence-corrected chi connectivity index (χ4v) is 1.22. The van der Waals surface area contributed by atoms with Gasteiger partial charge in [-0.05, 0) is 40.5 Å². The molecule has 1 aromatic rings. The molecule has 0 aliphatic carbocycles. The van der Waals surface area contributed by atoms with Crippen molar-refractivity contribution in [2.75, 3.05) is 6.61 Å². The summed E-state index contributed by atoms with van der Waals surface area (Å²) in [6.45, 7) is 1.60. The van der Waals surface area contributed by atoms with Crippen molar-refractivity contribution in [2.24, 2.45) is 0 Å². The van der Waals surface area contributed by atoms with Crippen molar-refractivity contribution in [1.82, 2.24) is 0 Å². The second-order valence-electron chi connectivity index (χ2n) is 2.62. The molecule has 4 heteroatoms. The Labute approximate surface area is 84.5 Å². The lowest BCUT2D eigenvalue weighted by molar-refractivity contribution is -0.139. The summed E-state index contributed by atoms with van der Waals surface area (Å²) >= 11 is 3.26. The first-order valence-corrected chi connectivity index (χ1v) is 4.49. The van der Waals surface area contributed by atoms with Crippen LogP contribution in [0.4, 0.5) is 0 Å². The molecule has 70 valence electrons. The van der Waals surface area contributed by atoms with E-state index in [9.17, 15) is 4.79 Å². The van der Waals surface area contributed by atoms with E-state index in [1.807, 2.05) is 19.1 Å². The Morgan fingerprint density at radius 3 is 2.92 bits per heavy atom. The number of carbonyl (C=O) groups is 1. The van der Waals surface area contributed by atoms with Crippen LogP contribution in [0.25, 0.3) is 0 Å². The summed E-state index contributed by atoms with van der Waals surface area (Å²) in [5.41, 5.74) is 1.03. The second kappa shape index (κ2) is 4.28. The zero-order valence-corrected chi connectivity index (χ0v) is 8.67. The number of carboxylic acid groups (broad SMARTS) is 1. The van der Waals surface area contributed by atoms with E-state index >= 15 is 0 Å². The fourth-order valence-electron chi connectivity index (χ4n) is 0.861. The minimum Gasteiger partial charge on any atom is -0.481 e. The summed E-state index contributed by atoms with van der Waals surface area (Å²) in [7, 11) is 0. The molecular formula is C9H9BrO3. The average molecular weight is 245 g/mol. The zero-order chi connectivity index (χ0) is 9.84. The molecule has 0 spiro atoms. The first kappa shape index (κ1) is 10.1. The SMILES string of the molecule is Cc1ccc(Br)c(OCC(=O)O)c1. The van der Waals surface area contributed by atoms with Gasteiger partial charge in [-0.25, -0.2) is 4.79 Å². The van der Waals surface area contributed by atoms with Gasteiger partial charge in [-0.15, -0.1) is 0 Å². The highest BCUT2D eigenvalue weighted by molar-refractivity contribution is 9.10. The maximum atomic E-state index is 10.2. The molecule has 0 aliphatic rings. The van der Waals surface area contributed by atoms with Gasteiger partial charge in [0.25, 0.3) is 0 Å². The predicted molar refractivity (Wildman–Crippen MR) is 52.0 cm³/mol. The van der Waals surface area contributed by atoms with E-state index in [0.29, 0.717) is 5.75 Å². The zero-order valence-electron chi connectivity index (χ0n) is 7.08. The molecule has 0 bridgehead atoms. The molecule has 3 nitrogen and oxygen atoms in total. The minimum atomic E-state index is -0.978. The molecule has 0 saturated heterocycles. The Morgan fingerprint density at radius 2 is 2.31 bits per heavy atom. The Kier molecular flexibility index (Phi) is 3.31.